The van der Waals surface area contributed by atoms with Crippen LogP contribution in [-0.2, 0) is 5.75 Å². The van der Waals surface area contributed by atoms with Gasteiger partial charge in [-0.15, -0.1) is 0 Å². The van der Waals surface area contributed by atoms with Crippen molar-refractivity contribution in [3.8, 4) is 0 Å². The average molecular weight is 183 g/mol. The van der Waals surface area contributed by atoms with E-state index in [1.807, 2.05) is 6.07 Å². The smallest absolute Gasteiger partial charge is 0.140 e. The number of hydrogen-bond donors (Lipinski definition) is 1. The van der Waals surface area contributed by atoms with Gasteiger partial charge in [-0.1, -0.05) is 19.0 Å². The van der Waals surface area contributed by atoms with Gasteiger partial charge in [0.25, 0.3) is 0 Å². The van der Waals surface area contributed by atoms with Gasteiger partial charge in [0.1, 0.15) is 5.76 Å². The summed E-state index contributed by atoms with van der Waals surface area (Å²) in [6.07, 6.45) is 1.22. The molecule has 2 rings (SSSR count). The van der Waals surface area contributed by atoms with Crippen LogP contribution in [0.3, 0.4) is 0 Å². The van der Waals surface area contributed by atoms with Crippen molar-refractivity contribution in [3.63, 3.8) is 0 Å². The van der Waals surface area contributed by atoms with Crippen molar-refractivity contribution in [3.05, 3.63) is 17.5 Å². The van der Waals surface area contributed by atoms with Crippen molar-refractivity contribution >= 4 is 12.6 Å². The molecule has 0 aliphatic heterocycles. The highest BCUT2D eigenvalue weighted by molar-refractivity contribution is 7.79. The fourth-order valence-electron chi connectivity index (χ4n) is 1.52. The molecule has 1 fully saturated rings. The molecule has 0 saturated heterocycles. The molecule has 0 spiro atoms. The van der Waals surface area contributed by atoms with Crippen LogP contribution >= 0.6 is 12.6 Å². The normalized spacial score (nSPS) is 25.8. The van der Waals surface area contributed by atoms with E-state index in [1.165, 1.54) is 6.42 Å². The molecule has 1 saturated carbocycles. The van der Waals surface area contributed by atoms with Crippen LogP contribution in [0.15, 0.2) is 10.6 Å². The van der Waals surface area contributed by atoms with Crippen molar-refractivity contribution in [2.24, 2.45) is 5.41 Å². The quantitative estimate of drug-likeness (QED) is 0.713. The molecule has 3 heteroatoms. The Kier molecular flexibility index (Phi) is 1.72. The number of aromatic nitrogens is 1. The van der Waals surface area contributed by atoms with E-state index in [-0.39, 0.29) is 0 Å². The number of thiol groups is 1. The van der Waals surface area contributed by atoms with Crippen molar-refractivity contribution in [1.29, 1.82) is 0 Å². The Hall–Kier alpha value is -0.440. The summed E-state index contributed by atoms with van der Waals surface area (Å²) >= 11 is 4.13. The third-order valence-corrected chi connectivity index (χ3v) is 2.92. The van der Waals surface area contributed by atoms with E-state index < -0.39 is 0 Å². The molecule has 0 N–H and O–H groups in total. The van der Waals surface area contributed by atoms with Crippen LogP contribution in [0.4, 0.5) is 0 Å². The minimum Gasteiger partial charge on any atom is -0.361 e. The van der Waals surface area contributed by atoms with Crippen molar-refractivity contribution in [2.45, 2.75) is 31.9 Å². The predicted molar refractivity (Wildman–Crippen MR) is 50.3 cm³/mol. The molecule has 1 aliphatic carbocycles. The Labute approximate surface area is 77.7 Å². The van der Waals surface area contributed by atoms with Gasteiger partial charge in [-0.3, -0.25) is 0 Å². The van der Waals surface area contributed by atoms with Crippen LogP contribution in [0.25, 0.3) is 0 Å². The number of nitrogens with zero attached hydrogens (tertiary/aromatic N) is 1. The molecule has 1 aliphatic rings. The topological polar surface area (TPSA) is 26.0 Å². The largest absolute Gasteiger partial charge is 0.361 e. The summed E-state index contributed by atoms with van der Waals surface area (Å²) in [4.78, 5) is 0. The first-order valence-electron chi connectivity index (χ1n) is 4.20. The van der Waals surface area contributed by atoms with Gasteiger partial charge in [-0.25, -0.2) is 0 Å². The standard InChI is InChI=1S/C9H13NOS/c1-9(2)4-7(9)8-3-6(5-12)10-11-8/h3,7,12H,4-5H2,1-2H3. The van der Waals surface area contributed by atoms with E-state index >= 15 is 0 Å². The number of hydrogen-bond acceptors (Lipinski definition) is 3. The van der Waals surface area contributed by atoms with Gasteiger partial charge in [0.05, 0.1) is 5.69 Å². The molecule has 66 valence electrons. The Morgan fingerprint density at radius 1 is 1.75 bits per heavy atom. The van der Waals surface area contributed by atoms with Crippen molar-refractivity contribution in [1.82, 2.24) is 5.16 Å². The van der Waals surface area contributed by atoms with Gasteiger partial charge in [0, 0.05) is 17.7 Å². The maximum atomic E-state index is 5.22. The van der Waals surface area contributed by atoms with Crippen molar-refractivity contribution < 1.29 is 4.52 Å². The zero-order valence-corrected chi connectivity index (χ0v) is 8.27. The zero-order valence-electron chi connectivity index (χ0n) is 7.37. The summed E-state index contributed by atoms with van der Waals surface area (Å²) in [6.45, 7) is 4.50. The molecule has 0 amide bonds. The van der Waals surface area contributed by atoms with Gasteiger partial charge in [-0.05, 0) is 11.8 Å². The van der Waals surface area contributed by atoms with E-state index in [2.05, 4.69) is 31.6 Å². The Morgan fingerprint density at radius 2 is 2.42 bits per heavy atom. The van der Waals surface area contributed by atoms with E-state index in [0.717, 1.165) is 11.5 Å². The highest BCUT2D eigenvalue weighted by atomic mass is 32.1. The lowest BCUT2D eigenvalue weighted by Crippen LogP contribution is -1.87. The van der Waals surface area contributed by atoms with E-state index in [9.17, 15) is 0 Å². The van der Waals surface area contributed by atoms with Crippen LogP contribution in [-0.4, -0.2) is 5.16 Å². The SMILES string of the molecule is CC1(C)CC1c1cc(CS)no1. The molecule has 12 heavy (non-hydrogen) atoms. The van der Waals surface area contributed by atoms with Crippen LogP contribution in [0.1, 0.15) is 37.6 Å². The predicted octanol–water partition coefficient (Wildman–Crippen LogP) is 2.62. The zero-order chi connectivity index (χ0) is 8.77. The first kappa shape index (κ1) is 8.17. The highest BCUT2D eigenvalue weighted by Gasteiger charge is 2.48. The Bertz CT molecular complexity index is 292. The van der Waals surface area contributed by atoms with Gasteiger partial charge in [0.2, 0.25) is 0 Å². The van der Waals surface area contributed by atoms with Crippen LogP contribution in [0, 0.1) is 5.41 Å². The third-order valence-electron chi connectivity index (χ3n) is 2.60. The van der Waals surface area contributed by atoms with E-state index in [4.69, 9.17) is 4.52 Å². The van der Waals surface area contributed by atoms with Crippen molar-refractivity contribution in [2.75, 3.05) is 0 Å². The summed E-state index contributed by atoms with van der Waals surface area (Å²) in [6, 6.07) is 2.02. The molecule has 0 radical (unpaired) electrons. The van der Waals surface area contributed by atoms with E-state index in [1.54, 1.807) is 0 Å². The molecule has 1 aromatic rings. The molecular formula is C9H13NOS. The van der Waals surface area contributed by atoms with E-state index in [0.29, 0.717) is 17.1 Å². The fourth-order valence-corrected chi connectivity index (χ4v) is 1.67. The molecule has 0 aromatic carbocycles. The molecule has 1 heterocycles. The molecule has 1 aromatic heterocycles. The lowest BCUT2D eigenvalue weighted by molar-refractivity contribution is 0.369. The lowest BCUT2D eigenvalue weighted by Gasteiger charge is -1.96. The third kappa shape index (κ3) is 1.26. The summed E-state index contributed by atoms with van der Waals surface area (Å²) in [5, 5.41) is 3.91. The maximum absolute atomic E-state index is 5.22. The summed E-state index contributed by atoms with van der Waals surface area (Å²) in [5.41, 5.74) is 1.36. The molecule has 2 nitrogen and oxygen atoms in total. The number of rotatable bonds is 2. The second kappa shape index (κ2) is 2.52. The van der Waals surface area contributed by atoms with Gasteiger partial charge >= 0.3 is 0 Å². The Balaban J connectivity index is 2.15. The van der Waals surface area contributed by atoms with Gasteiger partial charge in [-0.2, -0.15) is 12.6 Å². The molecule has 0 bridgehead atoms. The summed E-state index contributed by atoms with van der Waals surface area (Å²) in [7, 11) is 0. The molecule has 1 atom stereocenters. The molecule has 1 unspecified atom stereocenters. The fraction of sp³-hybridized carbons (Fsp3) is 0.667. The van der Waals surface area contributed by atoms with Gasteiger partial charge in [0.15, 0.2) is 0 Å². The van der Waals surface area contributed by atoms with Crippen LogP contribution < -0.4 is 0 Å². The maximum Gasteiger partial charge on any atom is 0.140 e. The minimum absolute atomic E-state index is 0.424. The Morgan fingerprint density at radius 3 is 2.83 bits per heavy atom. The first-order chi connectivity index (χ1) is 5.63. The summed E-state index contributed by atoms with van der Waals surface area (Å²) < 4.78 is 5.22. The van der Waals surface area contributed by atoms with Gasteiger partial charge < -0.3 is 4.52 Å². The average Bonchev–Trinajstić information content (AvgIpc) is 2.52. The van der Waals surface area contributed by atoms with Crippen LogP contribution in [0.5, 0.6) is 0 Å². The lowest BCUT2D eigenvalue weighted by atomic mass is 10.1. The second-order valence-electron chi connectivity index (χ2n) is 4.12. The van der Waals surface area contributed by atoms with Crippen LogP contribution in [0.2, 0.25) is 0 Å². The molecular weight excluding hydrogens is 170 g/mol. The minimum atomic E-state index is 0.424. The monoisotopic (exact) mass is 183 g/mol. The highest BCUT2D eigenvalue weighted by Crippen LogP contribution is 2.58. The first-order valence-corrected chi connectivity index (χ1v) is 4.83. The summed E-state index contributed by atoms with van der Waals surface area (Å²) in [5.74, 6) is 2.28. The second-order valence-corrected chi connectivity index (χ2v) is 4.44.